The Bertz CT molecular complexity index is 1300. The molecule has 0 spiro atoms. The molecule has 36 heavy (non-hydrogen) atoms. The van der Waals surface area contributed by atoms with E-state index in [1.165, 1.54) is 21.7 Å². The molecule has 188 valence electrons. The Morgan fingerprint density at radius 3 is 2.81 bits per heavy atom. The van der Waals surface area contributed by atoms with Crippen LogP contribution in [0.15, 0.2) is 70.5 Å². The SMILES string of the molecule is C=N[C@]12Cn3cc(C(=O)N/C=C(F)\C=C/C)c(=O)c(OCc4ccccc4)c3C(=O)N1[C@@H](C)CCO2. The molecule has 4 rings (SSSR count). The topological polar surface area (TPSA) is 102 Å². The first-order valence-electron chi connectivity index (χ1n) is 11.5. The summed E-state index contributed by atoms with van der Waals surface area (Å²) in [7, 11) is 0. The molecule has 1 saturated heterocycles. The van der Waals surface area contributed by atoms with Crippen LogP contribution in [-0.4, -0.2) is 46.5 Å². The predicted molar refractivity (Wildman–Crippen MR) is 131 cm³/mol. The van der Waals surface area contributed by atoms with Crippen molar-refractivity contribution in [2.24, 2.45) is 4.99 Å². The van der Waals surface area contributed by atoms with Crippen molar-refractivity contribution >= 4 is 18.5 Å². The maximum Gasteiger partial charge on any atom is 0.278 e. The Labute approximate surface area is 207 Å². The lowest BCUT2D eigenvalue weighted by Gasteiger charge is -2.50. The van der Waals surface area contributed by atoms with E-state index in [2.05, 4.69) is 17.0 Å². The van der Waals surface area contributed by atoms with E-state index in [0.29, 0.717) is 13.0 Å². The highest BCUT2D eigenvalue weighted by atomic mass is 19.1. The fraction of sp³-hybridized carbons (Fsp3) is 0.308. The van der Waals surface area contributed by atoms with Gasteiger partial charge in [-0.05, 0) is 38.6 Å². The first kappa shape index (κ1) is 25.1. The van der Waals surface area contributed by atoms with Gasteiger partial charge in [0.25, 0.3) is 17.7 Å². The smallest absolute Gasteiger partial charge is 0.278 e. The number of allylic oxidation sites excluding steroid dienone is 3. The van der Waals surface area contributed by atoms with Gasteiger partial charge in [-0.15, -0.1) is 0 Å². The van der Waals surface area contributed by atoms with Gasteiger partial charge in [0.15, 0.2) is 11.4 Å². The first-order chi connectivity index (χ1) is 17.3. The summed E-state index contributed by atoms with van der Waals surface area (Å²) in [6.07, 6.45) is 5.29. The van der Waals surface area contributed by atoms with Crippen molar-refractivity contribution in [2.75, 3.05) is 6.61 Å². The van der Waals surface area contributed by atoms with Crippen molar-refractivity contribution in [1.29, 1.82) is 0 Å². The Kier molecular flexibility index (Phi) is 7.16. The van der Waals surface area contributed by atoms with E-state index in [1.54, 1.807) is 6.92 Å². The highest BCUT2D eigenvalue weighted by Crippen LogP contribution is 2.37. The zero-order valence-electron chi connectivity index (χ0n) is 20.1. The largest absolute Gasteiger partial charge is 0.483 e. The van der Waals surface area contributed by atoms with Gasteiger partial charge in [0.2, 0.25) is 5.43 Å². The number of aromatic nitrogens is 1. The molecule has 1 aromatic carbocycles. The van der Waals surface area contributed by atoms with Crippen LogP contribution in [0.4, 0.5) is 4.39 Å². The van der Waals surface area contributed by atoms with Gasteiger partial charge in [-0.1, -0.05) is 36.4 Å². The van der Waals surface area contributed by atoms with E-state index in [4.69, 9.17) is 9.47 Å². The summed E-state index contributed by atoms with van der Waals surface area (Å²) in [5, 5.41) is 2.27. The summed E-state index contributed by atoms with van der Waals surface area (Å²) in [5.74, 6) is -3.74. The molecule has 0 bridgehead atoms. The number of rotatable bonds is 7. The van der Waals surface area contributed by atoms with Crippen molar-refractivity contribution in [2.45, 2.75) is 45.3 Å². The van der Waals surface area contributed by atoms with E-state index in [0.717, 1.165) is 17.8 Å². The lowest BCUT2D eigenvalue weighted by atomic mass is 10.0. The van der Waals surface area contributed by atoms with Crippen LogP contribution in [0.2, 0.25) is 0 Å². The number of carbonyl (C=O) groups is 2. The Morgan fingerprint density at radius 1 is 1.36 bits per heavy atom. The van der Waals surface area contributed by atoms with Crippen molar-refractivity contribution in [1.82, 2.24) is 14.8 Å². The molecular formula is C26H27FN4O5. The summed E-state index contributed by atoms with van der Waals surface area (Å²) in [4.78, 5) is 45.6. The summed E-state index contributed by atoms with van der Waals surface area (Å²) < 4.78 is 27.0. The number of pyridine rings is 1. The molecule has 9 nitrogen and oxygen atoms in total. The molecule has 0 saturated carbocycles. The molecule has 2 aliphatic rings. The molecule has 3 heterocycles. The van der Waals surface area contributed by atoms with Crippen molar-refractivity contribution < 1.29 is 23.5 Å². The highest BCUT2D eigenvalue weighted by Gasteiger charge is 2.51. The van der Waals surface area contributed by atoms with E-state index >= 15 is 0 Å². The van der Waals surface area contributed by atoms with E-state index in [1.807, 2.05) is 37.3 Å². The van der Waals surface area contributed by atoms with Crippen LogP contribution in [0.1, 0.15) is 46.7 Å². The van der Waals surface area contributed by atoms with Crippen molar-refractivity contribution in [3.05, 3.63) is 87.8 Å². The van der Waals surface area contributed by atoms with Crippen LogP contribution in [0.25, 0.3) is 0 Å². The lowest BCUT2D eigenvalue weighted by molar-refractivity contribution is -0.190. The number of nitrogens with zero attached hydrogens (tertiary/aromatic N) is 3. The first-order valence-corrected chi connectivity index (χ1v) is 11.5. The minimum Gasteiger partial charge on any atom is -0.483 e. The van der Waals surface area contributed by atoms with Gasteiger partial charge in [0, 0.05) is 18.4 Å². The lowest BCUT2D eigenvalue weighted by Crippen LogP contribution is -2.65. The Hall–Kier alpha value is -4.05. The number of ether oxygens (including phenoxy) is 2. The van der Waals surface area contributed by atoms with Gasteiger partial charge < -0.3 is 19.4 Å². The molecule has 2 atom stereocenters. The third-order valence-electron chi connectivity index (χ3n) is 6.11. The average molecular weight is 495 g/mol. The van der Waals surface area contributed by atoms with Crippen LogP contribution >= 0.6 is 0 Å². The second-order valence-corrected chi connectivity index (χ2v) is 8.52. The molecule has 2 amide bonds. The van der Waals surface area contributed by atoms with Gasteiger partial charge in [-0.2, -0.15) is 0 Å². The number of halogens is 1. The number of fused-ring (bicyclic) bond motifs is 2. The summed E-state index contributed by atoms with van der Waals surface area (Å²) in [5.41, 5.74) is -0.357. The third-order valence-corrected chi connectivity index (χ3v) is 6.11. The van der Waals surface area contributed by atoms with Gasteiger partial charge in [0.1, 0.15) is 18.0 Å². The fourth-order valence-electron chi connectivity index (χ4n) is 4.35. The van der Waals surface area contributed by atoms with Crippen molar-refractivity contribution in [3.63, 3.8) is 0 Å². The number of amides is 2. The van der Waals surface area contributed by atoms with Crippen molar-refractivity contribution in [3.8, 4) is 5.75 Å². The second-order valence-electron chi connectivity index (χ2n) is 8.52. The van der Waals surface area contributed by atoms with Gasteiger partial charge in [0.05, 0.1) is 13.2 Å². The van der Waals surface area contributed by atoms with E-state index in [9.17, 15) is 18.8 Å². The van der Waals surface area contributed by atoms with Crippen LogP contribution in [-0.2, 0) is 17.9 Å². The molecular weight excluding hydrogens is 467 g/mol. The number of carbonyl (C=O) groups excluding carboxylic acids is 2. The highest BCUT2D eigenvalue weighted by molar-refractivity contribution is 6.00. The average Bonchev–Trinajstić information content (AvgIpc) is 2.87. The molecule has 10 heteroatoms. The summed E-state index contributed by atoms with van der Waals surface area (Å²) in [6, 6.07) is 8.87. The van der Waals surface area contributed by atoms with E-state index in [-0.39, 0.29) is 36.2 Å². The standard InChI is InChI=1S/C26H27FN4O5/c1-4-8-19(27)13-29-24(33)20-14-30-16-26(28-3)31(17(2)11-12-36-26)25(34)21(30)23(22(20)32)35-15-18-9-6-5-7-10-18/h4-10,13-14,17H,3,11-12,15-16H2,1-2H3,(H,29,33)/b8-4-,19-13+/t17-,26+/m0/s1. The zero-order chi connectivity index (χ0) is 25.9. The van der Waals surface area contributed by atoms with Gasteiger partial charge >= 0.3 is 0 Å². The molecule has 0 radical (unpaired) electrons. The quantitative estimate of drug-likeness (QED) is 0.471. The minimum atomic E-state index is -1.39. The zero-order valence-corrected chi connectivity index (χ0v) is 20.1. The maximum atomic E-state index is 13.8. The second kappa shape index (κ2) is 10.3. The number of benzene rings is 1. The van der Waals surface area contributed by atoms with Gasteiger partial charge in [-0.3, -0.25) is 19.3 Å². The number of hydrogen-bond donors (Lipinski definition) is 1. The molecule has 0 aliphatic carbocycles. The number of nitrogens with one attached hydrogen (secondary N) is 1. The number of aliphatic imine (C=N–C) groups is 1. The molecule has 1 fully saturated rings. The summed E-state index contributed by atoms with van der Waals surface area (Å²) in [6.45, 7) is 7.47. The van der Waals surface area contributed by atoms with E-state index < -0.39 is 28.9 Å². The summed E-state index contributed by atoms with van der Waals surface area (Å²) >= 11 is 0. The monoisotopic (exact) mass is 494 g/mol. The predicted octanol–water partition coefficient (Wildman–Crippen LogP) is 3.16. The van der Waals surface area contributed by atoms with Crippen LogP contribution < -0.4 is 15.5 Å². The Morgan fingerprint density at radius 2 is 2.11 bits per heavy atom. The third kappa shape index (κ3) is 4.59. The Balaban J connectivity index is 1.83. The van der Waals surface area contributed by atoms with Crippen LogP contribution in [0.3, 0.4) is 0 Å². The molecule has 0 unspecified atom stereocenters. The molecule has 1 N–H and O–H groups in total. The van der Waals surface area contributed by atoms with Crippen LogP contribution in [0.5, 0.6) is 5.75 Å². The molecule has 2 aromatic rings. The number of hydrogen-bond acceptors (Lipinski definition) is 6. The fourth-order valence-corrected chi connectivity index (χ4v) is 4.35. The maximum absolute atomic E-state index is 13.8. The normalized spacial score (nSPS) is 21.6. The molecule has 2 aliphatic heterocycles. The minimum absolute atomic E-state index is 0.00579. The van der Waals surface area contributed by atoms with Crippen LogP contribution in [0, 0.1) is 0 Å². The molecule has 1 aromatic heterocycles. The van der Waals surface area contributed by atoms with Gasteiger partial charge in [-0.25, -0.2) is 9.38 Å².